The molecule has 0 atom stereocenters. The number of halogens is 1. The van der Waals surface area contributed by atoms with Crippen LogP contribution in [0.2, 0.25) is 0 Å². The van der Waals surface area contributed by atoms with Crippen molar-refractivity contribution in [1.29, 1.82) is 0 Å². The van der Waals surface area contributed by atoms with Gasteiger partial charge in [0.2, 0.25) is 0 Å². The van der Waals surface area contributed by atoms with Gasteiger partial charge in [0.05, 0.1) is 7.11 Å². The second kappa shape index (κ2) is 6.39. The molecule has 0 aliphatic heterocycles. The molecule has 0 saturated heterocycles. The summed E-state index contributed by atoms with van der Waals surface area (Å²) in [6.07, 6.45) is 0. The summed E-state index contributed by atoms with van der Waals surface area (Å²) >= 11 is 0. The van der Waals surface area contributed by atoms with Crippen LogP contribution in [0.25, 0.3) is 0 Å². The maximum Gasteiger partial charge on any atom is 0.125 e. The van der Waals surface area contributed by atoms with Gasteiger partial charge < -0.3 is 15.4 Å². The molecule has 2 N–H and O–H groups in total. The first-order valence-electron chi connectivity index (χ1n) is 6.46. The van der Waals surface area contributed by atoms with Gasteiger partial charge in [0.1, 0.15) is 11.6 Å². The fourth-order valence-electron chi connectivity index (χ4n) is 2.15. The van der Waals surface area contributed by atoms with E-state index in [4.69, 9.17) is 10.5 Å². The molecule has 3 nitrogen and oxygen atoms in total. The van der Waals surface area contributed by atoms with E-state index in [9.17, 15) is 4.39 Å². The molecule has 106 valence electrons. The van der Waals surface area contributed by atoms with Gasteiger partial charge in [-0.05, 0) is 29.8 Å². The third kappa shape index (κ3) is 3.27. The molecule has 20 heavy (non-hydrogen) atoms. The zero-order valence-electron chi connectivity index (χ0n) is 11.8. The SMILES string of the molecule is COc1ccccc1CN(C)c1cc(F)cc(CN)c1. The average molecular weight is 274 g/mol. The summed E-state index contributed by atoms with van der Waals surface area (Å²) in [5.41, 5.74) is 8.22. The lowest BCUT2D eigenvalue weighted by Crippen LogP contribution is -2.17. The minimum absolute atomic E-state index is 0.269. The van der Waals surface area contributed by atoms with Gasteiger partial charge in [-0.2, -0.15) is 0 Å². The first-order chi connectivity index (χ1) is 9.63. The van der Waals surface area contributed by atoms with Gasteiger partial charge in [0.15, 0.2) is 0 Å². The first kappa shape index (κ1) is 14.3. The Morgan fingerprint density at radius 2 is 1.95 bits per heavy atom. The fraction of sp³-hybridized carbons (Fsp3) is 0.250. The van der Waals surface area contributed by atoms with Crippen LogP contribution in [0, 0.1) is 5.82 Å². The molecule has 0 fully saturated rings. The Labute approximate surface area is 118 Å². The second-order valence-corrected chi connectivity index (χ2v) is 4.69. The van der Waals surface area contributed by atoms with Gasteiger partial charge in [0.25, 0.3) is 0 Å². The number of rotatable bonds is 5. The Hall–Kier alpha value is -2.07. The highest BCUT2D eigenvalue weighted by molar-refractivity contribution is 5.50. The van der Waals surface area contributed by atoms with Crippen molar-refractivity contribution in [2.45, 2.75) is 13.1 Å². The van der Waals surface area contributed by atoms with E-state index in [0.717, 1.165) is 22.6 Å². The van der Waals surface area contributed by atoms with Gasteiger partial charge in [-0.15, -0.1) is 0 Å². The molecular weight excluding hydrogens is 255 g/mol. The number of hydrogen-bond acceptors (Lipinski definition) is 3. The molecule has 0 saturated carbocycles. The quantitative estimate of drug-likeness (QED) is 0.911. The molecule has 0 bridgehead atoms. The largest absolute Gasteiger partial charge is 0.496 e. The maximum absolute atomic E-state index is 13.6. The van der Waals surface area contributed by atoms with Crippen LogP contribution >= 0.6 is 0 Å². The highest BCUT2D eigenvalue weighted by Gasteiger charge is 2.08. The summed E-state index contributed by atoms with van der Waals surface area (Å²) in [6, 6.07) is 12.7. The Kier molecular flexibility index (Phi) is 4.58. The molecule has 2 rings (SSSR count). The number of para-hydroxylation sites is 1. The monoisotopic (exact) mass is 274 g/mol. The van der Waals surface area contributed by atoms with E-state index in [1.54, 1.807) is 7.11 Å². The summed E-state index contributed by atoms with van der Waals surface area (Å²) < 4.78 is 18.9. The van der Waals surface area contributed by atoms with Crippen molar-refractivity contribution < 1.29 is 9.13 Å². The molecule has 0 amide bonds. The molecule has 0 aliphatic carbocycles. The van der Waals surface area contributed by atoms with Crippen molar-refractivity contribution in [2.75, 3.05) is 19.1 Å². The number of nitrogens with two attached hydrogens (primary N) is 1. The molecule has 4 heteroatoms. The standard InChI is InChI=1S/C16H19FN2O/c1-19(11-13-5-3-4-6-16(13)20-2)15-8-12(10-18)7-14(17)9-15/h3-9H,10-11,18H2,1-2H3. The van der Waals surface area contributed by atoms with E-state index in [2.05, 4.69) is 0 Å². The highest BCUT2D eigenvalue weighted by Crippen LogP contribution is 2.23. The van der Waals surface area contributed by atoms with Crippen molar-refractivity contribution >= 4 is 5.69 Å². The maximum atomic E-state index is 13.6. The van der Waals surface area contributed by atoms with E-state index in [0.29, 0.717) is 13.1 Å². The number of methoxy groups -OCH3 is 1. The van der Waals surface area contributed by atoms with Crippen LogP contribution in [0.4, 0.5) is 10.1 Å². The van der Waals surface area contributed by atoms with Gasteiger partial charge in [-0.3, -0.25) is 0 Å². The summed E-state index contributed by atoms with van der Waals surface area (Å²) in [6.45, 7) is 0.963. The molecule has 2 aromatic rings. The number of nitrogens with zero attached hydrogens (tertiary/aromatic N) is 1. The lowest BCUT2D eigenvalue weighted by Gasteiger charge is -2.21. The van der Waals surface area contributed by atoms with Crippen molar-refractivity contribution in [3.8, 4) is 5.75 Å². The van der Waals surface area contributed by atoms with E-state index >= 15 is 0 Å². The fourth-order valence-corrected chi connectivity index (χ4v) is 2.15. The van der Waals surface area contributed by atoms with E-state index < -0.39 is 0 Å². The zero-order chi connectivity index (χ0) is 14.5. The zero-order valence-corrected chi connectivity index (χ0v) is 11.8. The summed E-state index contributed by atoms with van der Waals surface area (Å²) in [4.78, 5) is 1.97. The smallest absolute Gasteiger partial charge is 0.125 e. The Balaban J connectivity index is 2.23. The number of hydrogen-bond donors (Lipinski definition) is 1. The summed E-state index contributed by atoms with van der Waals surface area (Å²) in [7, 11) is 3.56. The van der Waals surface area contributed by atoms with Gasteiger partial charge in [0, 0.05) is 31.4 Å². The van der Waals surface area contributed by atoms with Crippen LogP contribution in [0.1, 0.15) is 11.1 Å². The van der Waals surface area contributed by atoms with Crippen LogP contribution in [-0.4, -0.2) is 14.2 Å². The minimum atomic E-state index is -0.269. The third-order valence-electron chi connectivity index (χ3n) is 3.22. The first-order valence-corrected chi connectivity index (χ1v) is 6.46. The summed E-state index contributed by atoms with van der Waals surface area (Å²) in [5, 5.41) is 0. The van der Waals surface area contributed by atoms with Crippen molar-refractivity contribution in [3.63, 3.8) is 0 Å². The highest BCUT2D eigenvalue weighted by atomic mass is 19.1. The minimum Gasteiger partial charge on any atom is -0.496 e. The molecule has 0 aromatic heterocycles. The molecule has 0 heterocycles. The van der Waals surface area contributed by atoms with Crippen molar-refractivity contribution in [3.05, 3.63) is 59.4 Å². The van der Waals surface area contributed by atoms with Crippen molar-refractivity contribution in [1.82, 2.24) is 0 Å². The van der Waals surface area contributed by atoms with E-state index in [-0.39, 0.29) is 5.82 Å². The second-order valence-electron chi connectivity index (χ2n) is 4.69. The Morgan fingerprint density at radius 1 is 1.20 bits per heavy atom. The molecule has 0 spiro atoms. The predicted octanol–water partition coefficient (Wildman–Crippen LogP) is 2.93. The lowest BCUT2D eigenvalue weighted by atomic mass is 10.1. The lowest BCUT2D eigenvalue weighted by molar-refractivity contribution is 0.409. The molecule has 0 unspecified atom stereocenters. The van der Waals surface area contributed by atoms with Gasteiger partial charge >= 0.3 is 0 Å². The molecule has 2 aromatic carbocycles. The van der Waals surface area contributed by atoms with Gasteiger partial charge in [-0.25, -0.2) is 4.39 Å². The Bertz CT molecular complexity index is 586. The van der Waals surface area contributed by atoms with Crippen LogP contribution in [0.3, 0.4) is 0 Å². The van der Waals surface area contributed by atoms with Crippen molar-refractivity contribution in [2.24, 2.45) is 5.73 Å². The number of benzene rings is 2. The van der Waals surface area contributed by atoms with E-state index in [1.165, 1.54) is 12.1 Å². The van der Waals surface area contributed by atoms with Crippen LogP contribution < -0.4 is 15.4 Å². The van der Waals surface area contributed by atoms with Gasteiger partial charge in [-0.1, -0.05) is 18.2 Å². The molecular formula is C16H19FN2O. The number of ether oxygens (including phenoxy) is 1. The van der Waals surface area contributed by atoms with Crippen LogP contribution in [0.5, 0.6) is 5.75 Å². The average Bonchev–Trinajstić information content (AvgIpc) is 2.47. The normalized spacial score (nSPS) is 10.4. The Morgan fingerprint density at radius 3 is 2.65 bits per heavy atom. The summed E-state index contributed by atoms with van der Waals surface area (Å²) in [5.74, 6) is 0.560. The van der Waals surface area contributed by atoms with Crippen LogP contribution in [0.15, 0.2) is 42.5 Å². The van der Waals surface area contributed by atoms with E-state index in [1.807, 2.05) is 42.3 Å². The third-order valence-corrected chi connectivity index (χ3v) is 3.22. The molecule has 0 radical (unpaired) electrons. The molecule has 0 aliphatic rings. The number of anilines is 1. The van der Waals surface area contributed by atoms with Crippen LogP contribution in [-0.2, 0) is 13.1 Å². The predicted molar refractivity (Wildman–Crippen MR) is 79.4 cm³/mol. The topological polar surface area (TPSA) is 38.5 Å².